The van der Waals surface area contributed by atoms with E-state index in [9.17, 15) is 0 Å². The average Bonchev–Trinajstić information content (AvgIpc) is 3.65. The monoisotopic (exact) mass is 603 g/mol. The van der Waals surface area contributed by atoms with Crippen LogP contribution in [0.25, 0.3) is 94.7 Å². The normalized spacial score (nSPS) is 11.8. The lowest BCUT2D eigenvalue weighted by molar-refractivity contribution is 0.577. The maximum absolute atomic E-state index is 6.46. The van der Waals surface area contributed by atoms with Crippen LogP contribution >= 0.6 is 0 Å². The fraction of sp³-hybridized carbons (Fsp3) is 0.0238. The molecule has 0 spiro atoms. The highest BCUT2D eigenvalue weighted by Gasteiger charge is 2.23. The first-order valence-electron chi connectivity index (χ1n) is 15.4. The van der Waals surface area contributed by atoms with Gasteiger partial charge in [0.2, 0.25) is 0 Å². The summed E-state index contributed by atoms with van der Waals surface area (Å²) in [6, 6.07) is 39.1. The number of aromatic nitrogens is 3. The van der Waals surface area contributed by atoms with Crippen molar-refractivity contribution in [3.8, 4) is 46.1 Å². The van der Waals surface area contributed by atoms with Crippen LogP contribution < -0.4 is 0 Å². The van der Waals surface area contributed by atoms with Gasteiger partial charge in [0.15, 0.2) is 17.0 Å². The Morgan fingerprint density at radius 2 is 1.32 bits per heavy atom. The van der Waals surface area contributed by atoms with Crippen molar-refractivity contribution in [3.05, 3.63) is 133 Å². The summed E-state index contributed by atoms with van der Waals surface area (Å²) in [5.41, 5.74) is 10.0. The standard InChI is InChI=1S/C42H25N3O2/c1-3-4-15-30-25(2)46-40-35(41-39(43-38(30)40)32-17-10-11-18-34(32)47-41)27-19-21-28(22-20-27)36-33-24-23-26-12-8-9-16-31(26)37(33)45-42(44-36)29-13-6-5-7-14-29/h1,4-24H,2H3/b15-4-. The quantitative estimate of drug-likeness (QED) is 0.148. The van der Waals surface area contributed by atoms with Gasteiger partial charge in [0, 0.05) is 32.8 Å². The first kappa shape index (κ1) is 26.9. The minimum Gasteiger partial charge on any atom is -0.458 e. The first-order chi connectivity index (χ1) is 23.2. The zero-order chi connectivity index (χ0) is 31.5. The Morgan fingerprint density at radius 1 is 0.596 bits per heavy atom. The largest absolute Gasteiger partial charge is 0.458 e. The molecule has 0 amide bonds. The first-order valence-corrected chi connectivity index (χ1v) is 15.4. The van der Waals surface area contributed by atoms with Gasteiger partial charge in [0.1, 0.15) is 22.4 Å². The van der Waals surface area contributed by atoms with Gasteiger partial charge in [0.25, 0.3) is 0 Å². The number of furan rings is 2. The SMILES string of the molecule is C#C/C=C\c1c(C)oc2c(-c3ccc(-c4nc(-c5ccccc5)nc5c4ccc4ccccc45)cc3)c3oc4ccccc4c3nc12. The Bertz CT molecular complexity index is 2750. The van der Waals surface area contributed by atoms with Crippen molar-refractivity contribution in [2.24, 2.45) is 0 Å². The third-order valence-electron chi connectivity index (χ3n) is 8.77. The van der Waals surface area contributed by atoms with Crippen LogP contribution in [-0.2, 0) is 0 Å². The molecule has 4 heterocycles. The van der Waals surface area contributed by atoms with Crippen LogP contribution in [0.5, 0.6) is 0 Å². The molecule has 0 aliphatic rings. The van der Waals surface area contributed by atoms with Gasteiger partial charge in [-0.3, -0.25) is 0 Å². The summed E-state index contributed by atoms with van der Waals surface area (Å²) < 4.78 is 12.9. The van der Waals surface area contributed by atoms with Crippen molar-refractivity contribution >= 4 is 60.9 Å². The van der Waals surface area contributed by atoms with Gasteiger partial charge in [-0.2, -0.15) is 0 Å². The highest BCUT2D eigenvalue weighted by atomic mass is 16.3. The van der Waals surface area contributed by atoms with Crippen molar-refractivity contribution in [1.29, 1.82) is 0 Å². The Balaban J connectivity index is 1.28. The van der Waals surface area contributed by atoms with Crippen molar-refractivity contribution in [3.63, 3.8) is 0 Å². The summed E-state index contributed by atoms with van der Waals surface area (Å²) in [6.45, 7) is 1.93. The van der Waals surface area contributed by atoms with E-state index in [4.69, 9.17) is 30.2 Å². The summed E-state index contributed by atoms with van der Waals surface area (Å²) in [6.07, 6.45) is 9.11. The summed E-state index contributed by atoms with van der Waals surface area (Å²) >= 11 is 0. The smallest absolute Gasteiger partial charge is 0.165 e. The van der Waals surface area contributed by atoms with E-state index in [1.165, 1.54) is 0 Å². The van der Waals surface area contributed by atoms with Crippen molar-refractivity contribution < 1.29 is 8.83 Å². The number of rotatable bonds is 4. The van der Waals surface area contributed by atoms with E-state index >= 15 is 0 Å². The van der Waals surface area contributed by atoms with Gasteiger partial charge in [-0.05, 0) is 48.2 Å². The Morgan fingerprint density at radius 3 is 2.15 bits per heavy atom. The lowest BCUT2D eigenvalue weighted by Crippen LogP contribution is -1.96. The summed E-state index contributed by atoms with van der Waals surface area (Å²) in [5.74, 6) is 4.01. The van der Waals surface area contributed by atoms with Crippen molar-refractivity contribution in [2.45, 2.75) is 6.92 Å². The highest BCUT2D eigenvalue weighted by molar-refractivity contribution is 6.15. The maximum atomic E-state index is 6.46. The molecule has 0 aliphatic heterocycles. The van der Waals surface area contributed by atoms with Crippen LogP contribution in [0.15, 0.2) is 130 Å². The van der Waals surface area contributed by atoms with E-state index in [1.807, 2.05) is 67.6 Å². The molecule has 0 unspecified atom stereocenters. The molecule has 5 heteroatoms. The number of benzene rings is 5. The molecule has 0 bridgehead atoms. The molecule has 0 N–H and O–H groups in total. The van der Waals surface area contributed by atoms with Crippen LogP contribution in [0, 0.1) is 19.3 Å². The minimum absolute atomic E-state index is 0.656. The number of aryl methyl sites for hydroxylation is 1. The number of allylic oxidation sites excluding steroid dienone is 1. The van der Waals surface area contributed by atoms with E-state index in [2.05, 4.69) is 66.6 Å². The molecule has 9 aromatic rings. The van der Waals surface area contributed by atoms with Crippen LogP contribution in [0.3, 0.4) is 0 Å². The van der Waals surface area contributed by atoms with Gasteiger partial charge in [-0.15, -0.1) is 6.42 Å². The molecule has 5 aromatic carbocycles. The molecule has 5 nitrogen and oxygen atoms in total. The molecule has 4 aromatic heterocycles. The van der Waals surface area contributed by atoms with E-state index in [0.29, 0.717) is 17.0 Å². The van der Waals surface area contributed by atoms with Crippen LogP contribution in [-0.4, -0.2) is 15.0 Å². The predicted octanol–water partition coefficient (Wildman–Crippen LogP) is 10.8. The van der Waals surface area contributed by atoms with Crippen LogP contribution in [0.4, 0.5) is 0 Å². The molecule has 9 rings (SSSR count). The second-order valence-electron chi connectivity index (χ2n) is 11.5. The highest BCUT2D eigenvalue weighted by Crippen LogP contribution is 2.43. The van der Waals surface area contributed by atoms with Gasteiger partial charge in [-0.1, -0.05) is 103 Å². The predicted molar refractivity (Wildman–Crippen MR) is 191 cm³/mol. The number of pyridine rings is 1. The third kappa shape index (κ3) is 4.23. The van der Waals surface area contributed by atoms with E-state index < -0.39 is 0 Å². The second-order valence-corrected chi connectivity index (χ2v) is 11.5. The fourth-order valence-corrected chi connectivity index (χ4v) is 6.54. The van der Waals surface area contributed by atoms with Gasteiger partial charge in [-0.25, -0.2) is 15.0 Å². The molecule has 47 heavy (non-hydrogen) atoms. The molecule has 0 saturated carbocycles. The maximum Gasteiger partial charge on any atom is 0.165 e. The summed E-state index contributed by atoms with van der Waals surface area (Å²) in [4.78, 5) is 15.3. The molecule has 0 saturated heterocycles. The molecular weight excluding hydrogens is 578 g/mol. The Labute approximate surface area is 269 Å². The van der Waals surface area contributed by atoms with E-state index in [1.54, 1.807) is 6.08 Å². The van der Waals surface area contributed by atoms with Gasteiger partial charge >= 0.3 is 0 Å². The molecule has 0 aliphatic carbocycles. The topological polar surface area (TPSA) is 65.0 Å². The van der Waals surface area contributed by atoms with Crippen molar-refractivity contribution in [2.75, 3.05) is 0 Å². The molecular formula is C42H25N3O2. The zero-order valence-electron chi connectivity index (χ0n) is 25.4. The number of hydrogen-bond acceptors (Lipinski definition) is 5. The lowest BCUT2D eigenvalue weighted by atomic mass is 9.98. The number of fused-ring (bicyclic) bond motifs is 7. The number of hydrogen-bond donors (Lipinski definition) is 0. The third-order valence-corrected chi connectivity index (χ3v) is 8.77. The van der Waals surface area contributed by atoms with Gasteiger partial charge in [0.05, 0.1) is 16.8 Å². The summed E-state index contributed by atoms with van der Waals surface area (Å²) in [7, 11) is 0. The summed E-state index contributed by atoms with van der Waals surface area (Å²) in [5, 5.41) is 4.17. The Kier molecular flexibility index (Phi) is 6.02. The molecule has 220 valence electrons. The van der Waals surface area contributed by atoms with Crippen molar-refractivity contribution in [1.82, 2.24) is 15.0 Å². The molecule has 0 radical (unpaired) electrons. The number of terminal acetylenes is 1. The van der Waals surface area contributed by atoms with Gasteiger partial charge < -0.3 is 8.83 Å². The Hall–Kier alpha value is -6.51. The average molecular weight is 604 g/mol. The molecule has 0 fully saturated rings. The van der Waals surface area contributed by atoms with Crippen LogP contribution in [0.1, 0.15) is 11.3 Å². The molecule has 0 atom stereocenters. The van der Waals surface area contributed by atoms with Crippen LogP contribution in [0.2, 0.25) is 0 Å². The lowest BCUT2D eigenvalue weighted by Gasteiger charge is -2.12. The fourth-order valence-electron chi connectivity index (χ4n) is 6.54. The zero-order valence-corrected chi connectivity index (χ0v) is 25.4. The number of para-hydroxylation sites is 1. The number of nitrogens with zero attached hydrogens (tertiary/aromatic N) is 3. The van der Waals surface area contributed by atoms with E-state index in [0.717, 1.165) is 82.9 Å². The van der Waals surface area contributed by atoms with E-state index in [-0.39, 0.29) is 0 Å². The minimum atomic E-state index is 0.656. The second kappa shape index (κ2) is 10.5.